The van der Waals surface area contributed by atoms with Gasteiger partial charge in [0.1, 0.15) is 5.76 Å². The molecule has 0 bridgehead atoms. The van der Waals surface area contributed by atoms with Crippen LogP contribution in [0.15, 0.2) is 78.8 Å². The first-order valence-corrected chi connectivity index (χ1v) is 10.8. The second-order valence-corrected chi connectivity index (χ2v) is 8.28. The number of nitrogens with zero attached hydrogens (tertiary/aromatic N) is 3. The number of nitrogens with one attached hydrogen (secondary N) is 2. The van der Waals surface area contributed by atoms with Crippen LogP contribution in [0.2, 0.25) is 0 Å². The molecule has 1 fully saturated rings. The van der Waals surface area contributed by atoms with E-state index in [2.05, 4.69) is 19.9 Å². The summed E-state index contributed by atoms with van der Waals surface area (Å²) in [6, 6.07) is 15.7. The first-order chi connectivity index (χ1) is 16.5. The molecule has 0 radical (unpaired) electrons. The van der Waals surface area contributed by atoms with Crippen LogP contribution in [0, 0.1) is 6.92 Å². The Labute approximate surface area is 193 Å². The van der Waals surface area contributed by atoms with E-state index in [4.69, 9.17) is 0 Å². The van der Waals surface area contributed by atoms with Crippen molar-refractivity contribution >= 4 is 45.3 Å². The molecule has 1 aliphatic rings. The Morgan fingerprint density at radius 2 is 1.91 bits per heavy atom. The van der Waals surface area contributed by atoms with Crippen molar-refractivity contribution in [3.05, 3.63) is 95.5 Å². The third-order valence-electron chi connectivity index (χ3n) is 6.14. The quantitative estimate of drug-likeness (QED) is 0.215. The van der Waals surface area contributed by atoms with Gasteiger partial charge in [0.15, 0.2) is 0 Å². The summed E-state index contributed by atoms with van der Waals surface area (Å²) in [5.41, 5.74) is 4.28. The molecule has 1 unspecified atom stereocenters. The van der Waals surface area contributed by atoms with Crippen LogP contribution in [0.25, 0.3) is 27.7 Å². The molecule has 4 heterocycles. The van der Waals surface area contributed by atoms with Crippen LogP contribution in [0.1, 0.15) is 22.7 Å². The lowest BCUT2D eigenvalue weighted by Crippen LogP contribution is -2.30. The van der Waals surface area contributed by atoms with Gasteiger partial charge in [-0.2, -0.15) is 0 Å². The van der Waals surface area contributed by atoms with E-state index in [1.165, 1.54) is 4.90 Å². The maximum Gasteiger partial charge on any atom is 0.302 e. The number of aliphatic hydroxyl groups is 1. The van der Waals surface area contributed by atoms with Crippen molar-refractivity contribution in [2.45, 2.75) is 13.0 Å². The average molecular weight is 449 g/mol. The largest absolute Gasteiger partial charge is 0.507 e. The minimum atomic E-state index is -0.899. The molecular weight excluding hydrogens is 430 g/mol. The number of hydrogen-bond acceptors (Lipinski definition) is 5. The molecule has 5 aromatic rings. The van der Waals surface area contributed by atoms with Gasteiger partial charge in [0.25, 0.3) is 5.78 Å². The smallest absolute Gasteiger partial charge is 0.302 e. The summed E-state index contributed by atoms with van der Waals surface area (Å²) in [4.78, 5) is 43.0. The molecule has 8 nitrogen and oxygen atoms in total. The standard InChI is InChI=1S/C26H19N5O3/c1-14-8-9-19-20(11-14)30-26(29-19)31-22(15-5-4-10-27-12-15)21(24(33)25(31)34)23(32)17-13-28-18-7-3-2-6-16(17)18/h2-13,22,28,32H,1H3,(H,29,30)/b23-21+. The number of anilines is 1. The molecule has 6 rings (SSSR count). The Hall–Kier alpha value is -4.72. The molecule has 1 saturated heterocycles. The molecule has 1 aliphatic heterocycles. The molecule has 1 amide bonds. The maximum absolute atomic E-state index is 13.3. The number of aromatic nitrogens is 4. The number of amides is 1. The second kappa shape index (κ2) is 7.41. The van der Waals surface area contributed by atoms with E-state index < -0.39 is 17.7 Å². The van der Waals surface area contributed by atoms with Crippen molar-refractivity contribution in [1.82, 2.24) is 19.9 Å². The monoisotopic (exact) mass is 449 g/mol. The number of fused-ring (bicyclic) bond motifs is 2. The van der Waals surface area contributed by atoms with E-state index in [-0.39, 0.29) is 17.3 Å². The molecule has 166 valence electrons. The summed E-state index contributed by atoms with van der Waals surface area (Å²) in [5, 5.41) is 12.1. The minimum absolute atomic E-state index is 0.0145. The zero-order valence-corrected chi connectivity index (χ0v) is 18.1. The van der Waals surface area contributed by atoms with Crippen molar-refractivity contribution in [3.8, 4) is 0 Å². The number of aromatic amines is 2. The predicted molar refractivity (Wildman–Crippen MR) is 128 cm³/mol. The number of Topliss-reactive ketones (excluding diaryl/α,β-unsaturated/α-hetero) is 1. The van der Waals surface area contributed by atoms with Crippen molar-refractivity contribution in [3.63, 3.8) is 0 Å². The van der Waals surface area contributed by atoms with E-state index in [1.807, 2.05) is 49.4 Å². The normalized spacial score (nSPS) is 17.8. The topological polar surface area (TPSA) is 115 Å². The number of pyridine rings is 1. The number of imidazole rings is 1. The highest BCUT2D eigenvalue weighted by molar-refractivity contribution is 6.51. The van der Waals surface area contributed by atoms with Gasteiger partial charge in [0.05, 0.1) is 22.6 Å². The molecular formula is C26H19N5O3. The van der Waals surface area contributed by atoms with Crippen LogP contribution in [0.5, 0.6) is 0 Å². The number of para-hydroxylation sites is 1. The SMILES string of the molecule is Cc1ccc2nc(N3C(=O)C(=O)/C(=C(/O)c4c[nH]c5ccccc45)C3c3cccnc3)[nH]c2c1. The number of carbonyl (C=O) groups excluding carboxylic acids is 2. The van der Waals surface area contributed by atoms with Gasteiger partial charge in [-0.25, -0.2) is 4.98 Å². The summed E-state index contributed by atoms with van der Waals surface area (Å²) < 4.78 is 0. The zero-order valence-electron chi connectivity index (χ0n) is 18.1. The van der Waals surface area contributed by atoms with Gasteiger partial charge >= 0.3 is 5.91 Å². The van der Waals surface area contributed by atoms with Gasteiger partial charge in [-0.15, -0.1) is 0 Å². The number of aryl methyl sites for hydroxylation is 1. The molecule has 0 saturated carbocycles. The van der Waals surface area contributed by atoms with Crippen molar-refractivity contribution in [2.75, 3.05) is 4.90 Å². The van der Waals surface area contributed by atoms with Crippen LogP contribution >= 0.6 is 0 Å². The molecule has 3 N–H and O–H groups in total. The zero-order chi connectivity index (χ0) is 23.4. The lowest BCUT2D eigenvalue weighted by Gasteiger charge is -2.22. The van der Waals surface area contributed by atoms with Crippen LogP contribution in [-0.2, 0) is 9.59 Å². The fourth-order valence-corrected chi connectivity index (χ4v) is 4.54. The Bertz CT molecular complexity index is 1630. The highest BCUT2D eigenvalue weighted by Crippen LogP contribution is 2.42. The van der Waals surface area contributed by atoms with Crippen LogP contribution in [-0.4, -0.2) is 36.7 Å². The van der Waals surface area contributed by atoms with Crippen molar-refractivity contribution in [2.24, 2.45) is 0 Å². The molecule has 8 heteroatoms. The third kappa shape index (κ3) is 2.92. The molecule has 34 heavy (non-hydrogen) atoms. The lowest BCUT2D eigenvalue weighted by molar-refractivity contribution is -0.132. The highest BCUT2D eigenvalue weighted by Gasteiger charge is 2.48. The Balaban J connectivity index is 1.59. The van der Waals surface area contributed by atoms with E-state index >= 15 is 0 Å². The van der Waals surface area contributed by atoms with Crippen LogP contribution in [0.4, 0.5) is 5.95 Å². The number of benzene rings is 2. The van der Waals surface area contributed by atoms with Gasteiger partial charge in [0, 0.05) is 35.1 Å². The van der Waals surface area contributed by atoms with Crippen LogP contribution < -0.4 is 4.90 Å². The van der Waals surface area contributed by atoms with E-state index in [9.17, 15) is 14.7 Å². The second-order valence-electron chi connectivity index (χ2n) is 8.28. The molecule has 3 aromatic heterocycles. The summed E-state index contributed by atoms with van der Waals surface area (Å²) in [7, 11) is 0. The fourth-order valence-electron chi connectivity index (χ4n) is 4.54. The van der Waals surface area contributed by atoms with Gasteiger partial charge < -0.3 is 15.1 Å². The first kappa shape index (κ1) is 19.9. The van der Waals surface area contributed by atoms with E-state index in [0.717, 1.165) is 22.0 Å². The first-order valence-electron chi connectivity index (χ1n) is 10.8. The summed E-state index contributed by atoms with van der Waals surface area (Å²) in [6.07, 6.45) is 4.83. The Kier molecular flexibility index (Phi) is 4.35. The summed E-state index contributed by atoms with van der Waals surface area (Å²) in [6.45, 7) is 1.96. The highest BCUT2D eigenvalue weighted by atomic mass is 16.3. The van der Waals surface area contributed by atoms with Gasteiger partial charge in [0.2, 0.25) is 5.95 Å². The Morgan fingerprint density at radius 1 is 1.06 bits per heavy atom. The number of aliphatic hydroxyl groups excluding tert-OH is 1. The number of rotatable bonds is 3. The van der Waals surface area contributed by atoms with Crippen molar-refractivity contribution in [1.29, 1.82) is 0 Å². The van der Waals surface area contributed by atoms with Crippen molar-refractivity contribution < 1.29 is 14.7 Å². The Morgan fingerprint density at radius 3 is 2.74 bits per heavy atom. The lowest BCUT2D eigenvalue weighted by atomic mass is 9.96. The molecule has 1 atom stereocenters. The third-order valence-corrected chi connectivity index (χ3v) is 6.14. The maximum atomic E-state index is 13.3. The molecule has 0 aliphatic carbocycles. The van der Waals surface area contributed by atoms with Gasteiger partial charge in [-0.1, -0.05) is 30.3 Å². The van der Waals surface area contributed by atoms with E-state index in [1.54, 1.807) is 30.7 Å². The number of carbonyl (C=O) groups is 2. The summed E-state index contributed by atoms with van der Waals surface area (Å²) in [5.74, 6) is -1.58. The average Bonchev–Trinajstić information content (AvgIpc) is 3.53. The van der Waals surface area contributed by atoms with Gasteiger partial charge in [-0.3, -0.25) is 19.5 Å². The molecule has 0 spiro atoms. The summed E-state index contributed by atoms with van der Waals surface area (Å²) >= 11 is 0. The molecule has 2 aromatic carbocycles. The number of ketones is 1. The number of H-pyrrole nitrogens is 2. The van der Waals surface area contributed by atoms with E-state index in [0.29, 0.717) is 16.6 Å². The minimum Gasteiger partial charge on any atom is -0.507 e. The number of hydrogen-bond donors (Lipinski definition) is 3. The van der Waals surface area contributed by atoms with Crippen LogP contribution in [0.3, 0.4) is 0 Å². The van der Waals surface area contributed by atoms with Gasteiger partial charge in [-0.05, 0) is 42.3 Å². The predicted octanol–water partition coefficient (Wildman–Crippen LogP) is 4.37. The fraction of sp³-hybridized carbons (Fsp3) is 0.0769.